The molecule has 0 fully saturated rings. The Bertz CT molecular complexity index is 529. The summed E-state index contributed by atoms with van der Waals surface area (Å²) in [6.45, 7) is 0. The normalized spacial score (nSPS) is 10.0. The van der Waals surface area contributed by atoms with E-state index in [1.807, 2.05) is 36.4 Å². The maximum absolute atomic E-state index is 6.13. The molecule has 0 aliphatic carbocycles. The number of rotatable bonds is 3. The Kier molecular flexibility index (Phi) is 3.40. The molecule has 2 rings (SSSR count). The number of hydrogen-bond donors (Lipinski definition) is 2. The Morgan fingerprint density at radius 3 is 2.53 bits per heavy atom. The molecule has 0 heterocycles. The minimum atomic E-state index is 0.590. The lowest BCUT2D eigenvalue weighted by atomic mass is 10.2. The number of halogens is 1. The Balaban J connectivity index is 2.28. The van der Waals surface area contributed by atoms with E-state index >= 15 is 0 Å². The summed E-state index contributed by atoms with van der Waals surface area (Å²) < 4.78 is 5.09. The van der Waals surface area contributed by atoms with Crippen LogP contribution in [0, 0.1) is 0 Å². The first-order valence-electron chi connectivity index (χ1n) is 5.16. The van der Waals surface area contributed by atoms with Gasteiger partial charge in [-0.1, -0.05) is 23.7 Å². The van der Waals surface area contributed by atoms with Crippen molar-refractivity contribution in [1.82, 2.24) is 0 Å². The van der Waals surface area contributed by atoms with Crippen molar-refractivity contribution in [2.75, 3.05) is 18.2 Å². The first-order chi connectivity index (χ1) is 8.20. The summed E-state index contributed by atoms with van der Waals surface area (Å²) in [5.41, 5.74) is 8.15. The van der Waals surface area contributed by atoms with Gasteiger partial charge in [0.1, 0.15) is 5.75 Å². The number of anilines is 3. The standard InChI is InChI=1S/C13H13ClN2O/c1-17-9-6-7-12(10(14)8-9)16-13-5-3-2-4-11(13)15/h2-8,16H,15H2,1H3. The molecule has 0 unspecified atom stereocenters. The Hall–Kier alpha value is -1.87. The van der Waals surface area contributed by atoms with Crippen LogP contribution in [-0.4, -0.2) is 7.11 Å². The van der Waals surface area contributed by atoms with E-state index in [1.54, 1.807) is 13.2 Å². The molecule has 3 N–H and O–H groups in total. The first kappa shape index (κ1) is 11.6. The van der Waals surface area contributed by atoms with Crippen LogP contribution in [0.5, 0.6) is 5.75 Å². The summed E-state index contributed by atoms with van der Waals surface area (Å²) in [7, 11) is 1.61. The van der Waals surface area contributed by atoms with Gasteiger partial charge in [-0.05, 0) is 24.3 Å². The number of nitrogens with one attached hydrogen (secondary N) is 1. The number of nitrogens with two attached hydrogens (primary N) is 1. The molecule has 2 aromatic rings. The van der Waals surface area contributed by atoms with Gasteiger partial charge >= 0.3 is 0 Å². The summed E-state index contributed by atoms with van der Waals surface area (Å²) in [5.74, 6) is 0.724. The highest BCUT2D eigenvalue weighted by Crippen LogP contribution is 2.30. The van der Waals surface area contributed by atoms with Gasteiger partial charge in [0.05, 0.1) is 29.2 Å². The van der Waals surface area contributed by atoms with Gasteiger partial charge in [-0.15, -0.1) is 0 Å². The third-order valence-electron chi connectivity index (χ3n) is 2.41. The second-order valence-corrected chi connectivity index (χ2v) is 3.97. The van der Waals surface area contributed by atoms with Crippen LogP contribution in [0.25, 0.3) is 0 Å². The molecule has 2 aromatic carbocycles. The number of para-hydroxylation sites is 2. The molecule has 0 spiro atoms. The van der Waals surface area contributed by atoms with Gasteiger partial charge in [0.15, 0.2) is 0 Å². The molecule has 88 valence electrons. The van der Waals surface area contributed by atoms with Crippen molar-refractivity contribution in [2.24, 2.45) is 0 Å². The van der Waals surface area contributed by atoms with Crippen LogP contribution >= 0.6 is 11.6 Å². The average Bonchev–Trinajstić information content (AvgIpc) is 2.34. The van der Waals surface area contributed by atoms with Crippen molar-refractivity contribution in [3.63, 3.8) is 0 Å². The Morgan fingerprint density at radius 2 is 1.88 bits per heavy atom. The fourth-order valence-electron chi connectivity index (χ4n) is 1.48. The SMILES string of the molecule is COc1ccc(Nc2ccccc2N)c(Cl)c1. The lowest BCUT2D eigenvalue weighted by Crippen LogP contribution is -1.96. The highest BCUT2D eigenvalue weighted by atomic mass is 35.5. The molecule has 0 radical (unpaired) electrons. The molecule has 17 heavy (non-hydrogen) atoms. The summed E-state index contributed by atoms with van der Waals surface area (Å²) >= 11 is 6.13. The van der Waals surface area contributed by atoms with E-state index in [0.717, 1.165) is 17.1 Å². The maximum Gasteiger partial charge on any atom is 0.120 e. The third-order valence-corrected chi connectivity index (χ3v) is 2.72. The van der Waals surface area contributed by atoms with E-state index in [1.165, 1.54) is 0 Å². The van der Waals surface area contributed by atoms with Crippen LogP contribution in [-0.2, 0) is 0 Å². The Labute approximate surface area is 105 Å². The number of hydrogen-bond acceptors (Lipinski definition) is 3. The lowest BCUT2D eigenvalue weighted by molar-refractivity contribution is 0.415. The molecule has 0 aromatic heterocycles. The van der Waals surface area contributed by atoms with E-state index in [9.17, 15) is 0 Å². The highest BCUT2D eigenvalue weighted by Gasteiger charge is 2.04. The van der Waals surface area contributed by atoms with Gasteiger partial charge in [-0.25, -0.2) is 0 Å². The zero-order chi connectivity index (χ0) is 12.3. The molecular weight excluding hydrogens is 236 g/mol. The molecule has 0 bridgehead atoms. The minimum Gasteiger partial charge on any atom is -0.497 e. The zero-order valence-electron chi connectivity index (χ0n) is 9.41. The molecule has 0 aliphatic rings. The molecule has 0 aliphatic heterocycles. The molecule has 3 nitrogen and oxygen atoms in total. The lowest BCUT2D eigenvalue weighted by Gasteiger charge is -2.11. The predicted octanol–water partition coefficient (Wildman–Crippen LogP) is 3.67. The largest absolute Gasteiger partial charge is 0.497 e. The molecule has 0 saturated heterocycles. The van der Waals surface area contributed by atoms with Gasteiger partial charge in [-0.3, -0.25) is 0 Å². The van der Waals surface area contributed by atoms with Crippen LogP contribution in [0.2, 0.25) is 5.02 Å². The first-order valence-corrected chi connectivity index (χ1v) is 5.53. The average molecular weight is 249 g/mol. The van der Waals surface area contributed by atoms with E-state index in [0.29, 0.717) is 10.7 Å². The topological polar surface area (TPSA) is 47.3 Å². The smallest absolute Gasteiger partial charge is 0.120 e. The third kappa shape index (κ3) is 2.63. The van der Waals surface area contributed by atoms with Crippen LogP contribution < -0.4 is 15.8 Å². The van der Waals surface area contributed by atoms with Crippen molar-refractivity contribution in [1.29, 1.82) is 0 Å². The molecule has 0 atom stereocenters. The molecular formula is C13H13ClN2O. The van der Waals surface area contributed by atoms with E-state index < -0.39 is 0 Å². The second kappa shape index (κ2) is 4.97. The van der Waals surface area contributed by atoms with Crippen molar-refractivity contribution < 1.29 is 4.74 Å². The fourth-order valence-corrected chi connectivity index (χ4v) is 1.70. The fraction of sp³-hybridized carbons (Fsp3) is 0.0769. The maximum atomic E-state index is 6.13. The van der Waals surface area contributed by atoms with Crippen LogP contribution in [0.15, 0.2) is 42.5 Å². The van der Waals surface area contributed by atoms with E-state index in [2.05, 4.69) is 5.32 Å². The molecule has 0 saturated carbocycles. The number of nitrogen functional groups attached to an aromatic ring is 1. The van der Waals surface area contributed by atoms with Crippen molar-refractivity contribution in [3.8, 4) is 5.75 Å². The van der Waals surface area contributed by atoms with Crippen LogP contribution in [0.4, 0.5) is 17.1 Å². The summed E-state index contributed by atoms with van der Waals surface area (Å²) in [6, 6.07) is 13.0. The summed E-state index contributed by atoms with van der Waals surface area (Å²) in [4.78, 5) is 0. The zero-order valence-corrected chi connectivity index (χ0v) is 10.2. The van der Waals surface area contributed by atoms with Gasteiger partial charge in [0, 0.05) is 6.07 Å². The van der Waals surface area contributed by atoms with Gasteiger partial charge in [-0.2, -0.15) is 0 Å². The van der Waals surface area contributed by atoms with Crippen LogP contribution in [0.1, 0.15) is 0 Å². The van der Waals surface area contributed by atoms with Gasteiger partial charge in [0.2, 0.25) is 0 Å². The molecule has 4 heteroatoms. The summed E-state index contributed by atoms with van der Waals surface area (Å²) in [6.07, 6.45) is 0. The monoisotopic (exact) mass is 248 g/mol. The van der Waals surface area contributed by atoms with E-state index in [4.69, 9.17) is 22.1 Å². The highest BCUT2D eigenvalue weighted by molar-refractivity contribution is 6.33. The quantitative estimate of drug-likeness (QED) is 0.815. The Morgan fingerprint density at radius 1 is 1.12 bits per heavy atom. The van der Waals surface area contributed by atoms with Gasteiger partial charge < -0.3 is 15.8 Å². The molecule has 0 amide bonds. The predicted molar refractivity (Wildman–Crippen MR) is 72.1 cm³/mol. The van der Waals surface area contributed by atoms with Gasteiger partial charge in [0.25, 0.3) is 0 Å². The van der Waals surface area contributed by atoms with Crippen molar-refractivity contribution in [3.05, 3.63) is 47.5 Å². The number of methoxy groups -OCH3 is 1. The van der Waals surface area contributed by atoms with Crippen molar-refractivity contribution in [2.45, 2.75) is 0 Å². The van der Waals surface area contributed by atoms with Crippen LogP contribution in [0.3, 0.4) is 0 Å². The van der Waals surface area contributed by atoms with Crippen molar-refractivity contribution >= 4 is 28.7 Å². The number of ether oxygens (including phenoxy) is 1. The summed E-state index contributed by atoms with van der Waals surface area (Å²) in [5, 5.41) is 3.77. The second-order valence-electron chi connectivity index (χ2n) is 3.56. The number of benzene rings is 2. The van der Waals surface area contributed by atoms with E-state index in [-0.39, 0.29) is 0 Å². The minimum absolute atomic E-state index is 0.590.